The lowest BCUT2D eigenvalue weighted by atomic mass is 10.0. The van der Waals surface area contributed by atoms with Crippen LogP contribution in [-0.2, 0) is 6.42 Å². The summed E-state index contributed by atoms with van der Waals surface area (Å²) in [4.78, 5) is 8.07. The van der Waals surface area contributed by atoms with E-state index in [1.165, 1.54) is 16.3 Å². The van der Waals surface area contributed by atoms with Crippen LogP contribution in [0.5, 0.6) is 0 Å². The lowest BCUT2D eigenvalue weighted by Gasteiger charge is -2.10. The Morgan fingerprint density at radius 3 is 2.80 bits per heavy atom. The lowest BCUT2D eigenvalue weighted by molar-refractivity contribution is 1.00. The van der Waals surface area contributed by atoms with Crippen molar-refractivity contribution in [3.05, 3.63) is 65.0 Å². The minimum absolute atomic E-state index is 0.837. The maximum absolute atomic E-state index is 4.16. The molecule has 4 heteroatoms. The highest BCUT2D eigenvalue weighted by molar-refractivity contribution is 9.10. The number of hydrogen-bond acceptors (Lipinski definition) is 3. The smallest absolute Gasteiger partial charge is 0.129 e. The Bertz CT molecular complexity index is 713. The molecule has 100 valence electrons. The Morgan fingerprint density at radius 2 is 1.95 bits per heavy atom. The molecule has 0 amide bonds. The summed E-state index contributed by atoms with van der Waals surface area (Å²) in [6, 6.07) is 14.6. The molecule has 3 aromatic rings. The number of halogens is 1. The molecule has 3 rings (SSSR count). The van der Waals surface area contributed by atoms with E-state index in [9.17, 15) is 0 Å². The van der Waals surface area contributed by atoms with E-state index in [4.69, 9.17) is 0 Å². The van der Waals surface area contributed by atoms with Crippen molar-refractivity contribution in [2.45, 2.75) is 6.42 Å². The predicted octanol–water partition coefficient (Wildman–Crippen LogP) is 4.05. The SMILES string of the molecule is Brc1ccc2ccccc2c1CCNc1ccncn1. The third kappa shape index (κ3) is 2.80. The third-order valence-corrected chi connectivity index (χ3v) is 3.99. The van der Waals surface area contributed by atoms with Crippen LogP contribution in [0.3, 0.4) is 0 Å². The van der Waals surface area contributed by atoms with E-state index in [1.807, 2.05) is 6.07 Å². The van der Waals surface area contributed by atoms with Crippen LogP contribution in [0.4, 0.5) is 5.82 Å². The second-order valence-electron chi connectivity index (χ2n) is 4.52. The van der Waals surface area contributed by atoms with Gasteiger partial charge >= 0.3 is 0 Å². The molecule has 3 nitrogen and oxygen atoms in total. The zero-order chi connectivity index (χ0) is 13.8. The molecule has 0 aliphatic carbocycles. The minimum atomic E-state index is 0.837. The van der Waals surface area contributed by atoms with Gasteiger partial charge in [-0.15, -0.1) is 0 Å². The molecule has 20 heavy (non-hydrogen) atoms. The van der Waals surface area contributed by atoms with Crippen molar-refractivity contribution in [2.24, 2.45) is 0 Å². The van der Waals surface area contributed by atoms with E-state index >= 15 is 0 Å². The van der Waals surface area contributed by atoms with E-state index in [0.29, 0.717) is 0 Å². The monoisotopic (exact) mass is 327 g/mol. The molecule has 0 spiro atoms. The molecule has 0 fully saturated rings. The quantitative estimate of drug-likeness (QED) is 0.785. The largest absolute Gasteiger partial charge is 0.370 e. The predicted molar refractivity (Wildman–Crippen MR) is 85.9 cm³/mol. The van der Waals surface area contributed by atoms with Crippen molar-refractivity contribution in [3.8, 4) is 0 Å². The van der Waals surface area contributed by atoms with Crippen LogP contribution >= 0.6 is 15.9 Å². The van der Waals surface area contributed by atoms with E-state index < -0.39 is 0 Å². The second-order valence-corrected chi connectivity index (χ2v) is 5.37. The van der Waals surface area contributed by atoms with E-state index in [1.54, 1.807) is 12.5 Å². The first-order valence-electron chi connectivity index (χ1n) is 6.50. The van der Waals surface area contributed by atoms with Gasteiger partial charge in [0.15, 0.2) is 0 Å². The zero-order valence-electron chi connectivity index (χ0n) is 10.9. The summed E-state index contributed by atoms with van der Waals surface area (Å²) in [5, 5.41) is 5.88. The van der Waals surface area contributed by atoms with Crippen molar-refractivity contribution < 1.29 is 0 Å². The van der Waals surface area contributed by atoms with Gasteiger partial charge in [-0.2, -0.15) is 0 Å². The minimum Gasteiger partial charge on any atom is -0.370 e. The van der Waals surface area contributed by atoms with Crippen molar-refractivity contribution in [1.29, 1.82) is 0 Å². The van der Waals surface area contributed by atoms with E-state index in [0.717, 1.165) is 23.3 Å². The standard InChI is InChI=1S/C16H14BrN3/c17-15-6-5-12-3-1-2-4-13(12)14(15)7-10-19-16-8-9-18-11-20-16/h1-6,8-9,11H,7,10H2,(H,18,19,20). The van der Waals surface area contributed by atoms with Gasteiger partial charge in [-0.25, -0.2) is 9.97 Å². The molecule has 0 aliphatic heterocycles. The van der Waals surface area contributed by atoms with Crippen molar-refractivity contribution in [3.63, 3.8) is 0 Å². The number of nitrogens with one attached hydrogen (secondary N) is 1. The molecule has 0 unspecified atom stereocenters. The summed E-state index contributed by atoms with van der Waals surface area (Å²) in [6.07, 6.45) is 4.23. The summed E-state index contributed by atoms with van der Waals surface area (Å²) < 4.78 is 1.15. The Morgan fingerprint density at radius 1 is 1.05 bits per heavy atom. The molecule has 0 bridgehead atoms. The Labute approximate surface area is 126 Å². The zero-order valence-corrected chi connectivity index (χ0v) is 12.5. The normalized spacial score (nSPS) is 10.7. The third-order valence-electron chi connectivity index (χ3n) is 3.25. The van der Waals surface area contributed by atoms with Gasteiger partial charge in [0.1, 0.15) is 12.1 Å². The number of aromatic nitrogens is 2. The maximum Gasteiger partial charge on any atom is 0.129 e. The summed E-state index contributed by atoms with van der Waals surface area (Å²) >= 11 is 3.65. The fourth-order valence-corrected chi connectivity index (χ4v) is 2.82. The van der Waals surface area contributed by atoms with Crippen LogP contribution in [0.2, 0.25) is 0 Å². The van der Waals surface area contributed by atoms with Gasteiger partial charge in [0.25, 0.3) is 0 Å². The van der Waals surface area contributed by atoms with E-state index in [-0.39, 0.29) is 0 Å². The van der Waals surface area contributed by atoms with Gasteiger partial charge in [0.2, 0.25) is 0 Å². The molecule has 0 saturated carbocycles. The number of benzene rings is 2. The Kier molecular flexibility index (Phi) is 3.92. The maximum atomic E-state index is 4.16. The summed E-state index contributed by atoms with van der Waals surface area (Å²) in [6.45, 7) is 0.837. The molecule has 0 atom stereocenters. The average Bonchev–Trinajstić information content (AvgIpc) is 2.50. The van der Waals surface area contributed by atoms with Gasteiger partial charge in [-0.1, -0.05) is 46.3 Å². The first kappa shape index (κ1) is 13.1. The fraction of sp³-hybridized carbons (Fsp3) is 0.125. The van der Waals surface area contributed by atoms with Crippen LogP contribution in [0.1, 0.15) is 5.56 Å². The van der Waals surface area contributed by atoms with Gasteiger partial charge in [0, 0.05) is 17.2 Å². The molecule has 0 radical (unpaired) electrons. The molecule has 1 aromatic heterocycles. The van der Waals surface area contributed by atoms with Crippen LogP contribution in [-0.4, -0.2) is 16.5 Å². The highest BCUT2D eigenvalue weighted by atomic mass is 79.9. The van der Waals surface area contributed by atoms with Gasteiger partial charge < -0.3 is 5.32 Å². The molecule has 1 heterocycles. The lowest BCUT2D eigenvalue weighted by Crippen LogP contribution is -2.07. The van der Waals surface area contributed by atoms with Gasteiger partial charge in [-0.3, -0.25) is 0 Å². The van der Waals surface area contributed by atoms with Crippen molar-refractivity contribution in [2.75, 3.05) is 11.9 Å². The first-order chi connectivity index (χ1) is 9.84. The molecular formula is C16H14BrN3. The second kappa shape index (κ2) is 6.01. The summed E-state index contributed by atoms with van der Waals surface area (Å²) in [5.41, 5.74) is 1.32. The van der Waals surface area contributed by atoms with Crippen molar-refractivity contribution in [1.82, 2.24) is 9.97 Å². The molecule has 0 saturated heterocycles. The highest BCUT2D eigenvalue weighted by Gasteiger charge is 2.05. The highest BCUT2D eigenvalue weighted by Crippen LogP contribution is 2.26. The number of nitrogens with zero attached hydrogens (tertiary/aromatic N) is 2. The fourth-order valence-electron chi connectivity index (χ4n) is 2.27. The average molecular weight is 328 g/mol. The number of fused-ring (bicyclic) bond motifs is 1. The Balaban J connectivity index is 1.79. The van der Waals surface area contributed by atoms with Gasteiger partial charge in [-0.05, 0) is 34.9 Å². The molecule has 0 aliphatic rings. The van der Waals surface area contributed by atoms with Crippen LogP contribution in [0, 0.1) is 0 Å². The van der Waals surface area contributed by atoms with E-state index in [2.05, 4.69) is 67.6 Å². The van der Waals surface area contributed by atoms with Crippen LogP contribution in [0.25, 0.3) is 10.8 Å². The summed E-state index contributed by atoms with van der Waals surface area (Å²) in [7, 11) is 0. The van der Waals surface area contributed by atoms with Gasteiger partial charge in [0.05, 0.1) is 0 Å². The molecule has 2 aromatic carbocycles. The molecule has 1 N–H and O–H groups in total. The number of anilines is 1. The van der Waals surface area contributed by atoms with Crippen LogP contribution < -0.4 is 5.32 Å². The van der Waals surface area contributed by atoms with Crippen molar-refractivity contribution >= 4 is 32.5 Å². The number of rotatable bonds is 4. The molecular weight excluding hydrogens is 314 g/mol. The van der Waals surface area contributed by atoms with Crippen LogP contribution in [0.15, 0.2) is 59.5 Å². The first-order valence-corrected chi connectivity index (χ1v) is 7.30. The Hall–Kier alpha value is -1.94. The number of hydrogen-bond donors (Lipinski definition) is 1. The topological polar surface area (TPSA) is 37.8 Å². The summed E-state index contributed by atoms with van der Waals surface area (Å²) in [5.74, 6) is 0.858.